The summed E-state index contributed by atoms with van der Waals surface area (Å²) in [5.74, 6) is 20.5. The van der Waals surface area contributed by atoms with Crippen molar-refractivity contribution in [3.8, 4) is 47.4 Å². The molecule has 66 heavy (non-hydrogen) atoms. The first-order valence-electron chi connectivity index (χ1n) is 20.9. The average Bonchev–Trinajstić information content (AvgIpc) is 3.30. The van der Waals surface area contributed by atoms with Crippen molar-refractivity contribution in [3.05, 3.63) is 130 Å². The first-order chi connectivity index (χ1) is 31.5. The quantitative estimate of drug-likeness (QED) is 0.0383. The van der Waals surface area contributed by atoms with Crippen LogP contribution in [0.2, 0.25) is 0 Å². The highest BCUT2D eigenvalue weighted by molar-refractivity contribution is 5.98. The Kier molecular flexibility index (Phi) is 21.7. The van der Waals surface area contributed by atoms with Gasteiger partial charge < -0.3 is 32.5 Å². The smallest absolute Gasteiger partial charge is 0.268 e. The van der Waals surface area contributed by atoms with Gasteiger partial charge >= 0.3 is 0 Å². The van der Waals surface area contributed by atoms with Crippen LogP contribution < -0.4 is 38.4 Å². The molecule has 4 aromatic carbocycles. The minimum absolute atomic E-state index is 0.0980. The molecule has 5 amide bonds. The second-order valence-electron chi connectivity index (χ2n) is 15.3. The number of hydrogen-bond acceptors (Lipinski definition) is 10. The SMILES string of the molecule is CC(C)C[C@H](N)C(=O)Nc1ccc(C#CC#Cc2ccc(C(=O)N[C@H](C(=O)NO)[C@@H](C)O)cc2)cc1.CCONC(=O)[C@@H](NC(=O)c1ccc(C#CC#Cc2ccc(N)cc2)cc1)C(C)C. The molecule has 15 heteroatoms. The van der Waals surface area contributed by atoms with E-state index in [1.165, 1.54) is 24.5 Å². The summed E-state index contributed by atoms with van der Waals surface area (Å²) in [7, 11) is 0. The molecule has 15 nitrogen and oxygen atoms in total. The van der Waals surface area contributed by atoms with E-state index in [9.17, 15) is 29.1 Å². The molecule has 342 valence electrons. The van der Waals surface area contributed by atoms with Gasteiger partial charge in [0.05, 0.1) is 18.8 Å². The van der Waals surface area contributed by atoms with E-state index in [2.05, 4.69) is 68.8 Å². The van der Waals surface area contributed by atoms with E-state index in [1.54, 1.807) is 79.7 Å². The van der Waals surface area contributed by atoms with Crippen molar-refractivity contribution in [2.75, 3.05) is 17.7 Å². The second-order valence-corrected chi connectivity index (χ2v) is 15.3. The summed E-state index contributed by atoms with van der Waals surface area (Å²) in [6, 6.07) is 24.7. The Bertz CT molecular complexity index is 2530. The standard InChI is InChI=1S/C27H30N4O5.C24H25N3O3/c1-17(2)16-23(28)26(34)29-22-14-10-20(11-15-22)7-5-4-6-19-8-12-21(13-9-19)25(33)30-24(18(3)32)27(35)31-36;1-4-30-27-24(29)22(17(2)3)26-23(28)20-13-9-18(10-14-20)7-5-6-8-19-11-15-21(25)16-12-19/h8-15,17-18,23-24,32,36H,16,28H2,1-3H3,(H,29,34)(H,30,33)(H,31,35);9-17,22H,4,25H2,1-3H3,(H,26,28)(H,27,29)/t18-,23+,24+;22-/m10/s1. The van der Waals surface area contributed by atoms with Crippen molar-refractivity contribution in [2.24, 2.45) is 17.6 Å². The average molecular weight is 894 g/mol. The minimum Gasteiger partial charge on any atom is -0.399 e. The maximum Gasteiger partial charge on any atom is 0.268 e. The number of benzene rings is 4. The number of aliphatic hydroxyl groups excluding tert-OH is 1. The number of aliphatic hydroxyl groups is 1. The molecule has 4 aromatic rings. The summed E-state index contributed by atoms with van der Waals surface area (Å²) in [6.45, 7) is 11.1. The predicted molar refractivity (Wildman–Crippen MR) is 252 cm³/mol. The number of amides is 5. The van der Waals surface area contributed by atoms with Crippen LogP contribution in [0, 0.1) is 59.2 Å². The van der Waals surface area contributed by atoms with E-state index in [0.29, 0.717) is 41.4 Å². The van der Waals surface area contributed by atoms with Crippen LogP contribution in [0.25, 0.3) is 0 Å². The summed E-state index contributed by atoms with van der Waals surface area (Å²) >= 11 is 0. The van der Waals surface area contributed by atoms with Gasteiger partial charge in [-0.2, -0.15) is 0 Å². The van der Waals surface area contributed by atoms with Crippen LogP contribution in [0.3, 0.4) is 0 Å². The van der Waals surface area contributed by atoms with Gasteiger partial charge in [-0.05, 0) is 153 Å². The number of carbonyl (C=O) groups is 5. The number of nitrogens with one attached hydrogen (secondary N) is 5. The van der Waals surface area contributed by atoms with Gasteiger partial charge in [0.2, 0.25) is 5.91 Å². The summed E-state index contributed by atoms with van der Waals surface area (Å²) in [6.07, 6.45) is -0.593. The summed E-state index contributed by atoms with van der Waals surface area (Å²) < 4.78 is 0. The van der Waals surface area contributed by atoms with Gasteiger partial charge in [0.1, 0.15) is 12.1 Å². The Labute approximate surface area is 385 Å². The van der Waals surface area contributed by atoms with Gasteiger partial charge in [-0.1, -0.05) is 51.4 Å². The van der Waals surface area contributed by atoms with E-state index in [1.807, 2.05) is 39.8 Å². The highest BCUT2D eigenvalue weighted by atomic mass is 16.6. The molecule has 11 N–H and O–H groups in total. The van der Waals surface area contributed by atoms with Crippen LogP contribution in [0.4, 0.5) is 11.4 Å². The van der Waals surface area contributed by atoms with Crippen LogP contribution >= 0.6 is 0 Å². The van der Waals surface area contributed by atoms with Crippen LogP contribution in [-0.2, 0) is 19.2 Å². The van der Waals surface area contributed by atoms with Crippen LogP contribution in [-0.4, -0.2) is 70.7 Å². The zero-order valence-corrected chi connectivity index (χ0v) is 37.6. The molecular weight excluding hydrogens is 839 g/mol. The normalized spacial score (nSPS) is 11.8. The van der Waals surface area contributed by atoms with Gasteiger partial charge in [0, 0.05) is 44.8 Å². The number of carbonyl (C=O) groups excluding carboxylic acids is 5. The fourth-order valence-corrected chi connectivity index (χ4v) is 5.54. The minimum atomic E-state index is -1.30. The number of anilines is 2. The molecule has 0 saturated heterocycles. The zero-order valence-electron chi connectivity index (χ0n) is 37.6. The number of nitrogen functional groups attached to an aromatic ring is 1. The van der Waals surface area contributed by atoms with Gasteiger partial charge in [0.25, 0.3) is 23.6 Å². The molecule has 0 spiro atoms. The highest BCUT2D eigenvalue weighted by Gasteiger charge is 2.26. The van der Waals surface area contributed by atoms with Crippen molar-refractivity contribution < 1.29 is 39.1 Å². The molecule has 0 heterocycles. The van der Waals surface area contributed by atoms with E-state index in [0.717, 1.165) is 16.7 Å². The monoisotopic (exact) mass is 893 g/mol. The van der Waals surface area contributed by atoms with Crippen molar-refractivity contribution in [2.45, 2.75) is 72.2 Å². The van der Waals surface area contributed by atoms with Crippen LogP contribution in [0.15, 0.2) is 97.1 Å². The third-order valence-electron chi connectivity index (χ3n) is 9.09. The third-order valence-corrected chi connectivity index (χ3v) is 9.09. The Hall–Kier alpha value is -7.89. The Morgan fingerprint density at radius 2 is 1.02 bits per heavy atom. The molecule has 0 aliphatic carbocycles. The maximum absolute atomic E-state index is 12.5. The van der Waals surface area contributed by atoms with Crippen LogP contribution in [0.1, 0.15) is 90.9 Å². The van der Waals surface area contributed by atoms with E-state index < -0.39 is 36.0 Å². The van der Waals surface area contributed by atoms with Crippen LogP contribution in [0.5, 0.6) is 0 Å². The molecule has 0 radical (unpaired) electrons. The molecule has 0 bridgehead atoms. The van der Waals surface area contributed by atoms with E-state index >= 15 is 0 Å². The summed E-state index contributed by atoms with van der Waals surface area (Å²) in [5.41, 5.74) is 20.2. The zero-order chi connectivity index (χ0) is 48.6. The van der Waals surface area contributed by atoms with Crippen molar-refractivity contribution >= 4 is 40.9 Å². The summed E-state index contributed by atoms with van der Waals surface area (Å²) in [5, 5.41) is 26.2. The molecular formula is C51H55N7O8. The van der Waals surface area contributed by atoms with Crippen molar-refractivity contribution in [3.63, 3.8) is 0 Å². The maximum atomic E-state index is 12.5. The molecule has 0 aromatic heterocycles. The fraction of sp³-hybridized carbons (Fsp3) is 0.275. The lowest BCUT2D eigenvalue weighted by Gasteiger charge is -2.21. The van der Waals surface area contributed by atoms with Gasteiger partial charge in [-0.3, -0.25) is 34.0 Å². The number of hydrogen-bond donors (Lipinski definition) is 9. The predicted octanol–water partition coefficient (Wildman–Crippen LogP) is 3.88. The second kappa shape index (κ2) is 27.3. The van der Waals surface area contributed by atoms with E-state index in [4.69, 9.17) is 21.5 Å². The number of hydroxylamine groups is 2. The largest absolute Gasteiger partial charge is 0.399 e. The van der Waals surface area contributed by atoms with Gasteiger partial charge in [0.15, 0.2) is 0 Å². The topological polar surface area (TPSA) is 247 Å². The molecule has 0 unspecified atom stereocenters. The molecule has 4 atom stereocenters. The first kappa shape index (κ1) is 52.5. The summed E-state index contributed by atoms with van der Waals surface area (Å²) in [4.78, 5) is 65.5. The van der Waals surface area contributed by atoms with Crippen molar-refractivity contribution in [1.29, 1.82) is 0 Å². The number of rotatable bonds is 14. The van der Waals surface area contributed by atoms with Gasteiger partial charge in [-0.25, -0.2) is 11.0 Å². The molecule has 0 aliphatic heterocycles. The first-order valence-corrected chi connectivity index (χ1v) is 20.9. The lowest BCUT2D eigenvalue weighted by molar-refractivity contribution is -0.136. The Morgan fingerprint density at radius 3 is 1.39 bits per heavy atom. The molecule has 0 saturated carbocycles. The number of nitrogens with two attached hydrogens (primary N) is 2. The molecule has 4 rings (SSSR count). The van der Waals surface area contributed by atoms with Gasteiger partial charge in [-0.15, -0.1) is 0 Å². The fourth-order valence-electron chi connectivity index (χ4n) is 5.54. The molecule has 0 fully saturated rings. The van der Waals surface area contributed by atoms with Crippen molar-refractivity contribution in [1.82, 2.24) is 21.6 Å². The van der Waals surface area contributed by atoms with E-state index in [-0.39, 0.29) is 29.2 Å². The lowest BCUT2D eigenvalue weighted by atomic mass is 10.0. The Balaban J connectivity index is 0.000000356. The molecule has 0 aliphatic rings. The Morgan fingerprint density at radius 1 is 0.606 bits per heavy atom. The lowest BCUT2D eigenvalue weighted by Crippen LogP contribution is -2.51. The third kappa shape index (κ3) is 18.4. The highest BCUT2D eigenvalue weighted by Crippen LogP contribution is 2.12.